The first-order valence-electron chi connectivity index (χ1n) is 2.90. The molecular formula is C7H18Cl2O2. The summed E-state index contributed by atoms with van der Waals surface area (Å²) in [4.78, 5) is 10.1. The SMILES string of the molecule is C.CCCCOC(C)=O.Cl.Cl. The predicted octanol–water partition coefficient (Wildman–Crippen LogP) is 2.83. The lowest BCUT2D eigenvalue weighted by Gasteiger charge is -1.96. The quantitative estimate of drug-likeness (QED) is 0.523. The van der Waals surface area contributed by atoms with Crippen LogP contribution in [0.4, 0.5) is 0 Å². The van der Waals surface area contributed by atoms with Crippen LogP contribution in [0.5, 0.6) is 0 Å². The van der Waals surface area contributed by atoms with E-state index < -0.39 is 0 Å². The van der Waals surface area contributed by atoms with E-state index in [1.807, 2.05) is 0 Å². The van der Waals surface area contributed by atoms with Gasteiger partial charge in [0.05, 0.1) is 6.61 Å². The summed E-state index contributed by atoms with van der Waals surface area (Å²) in [6.07, 6.45) is 2.05. The number of esters is 1. The Morgan fingerprint density at radius 2 is 1.82 bits per heavy atom. The number of hydrogen-bond donors (Lipinski definition) is 0. The minimum absolute atomic E-state index is 0. The highest BCUT2D eigenvalue weighted by Crippen LogP contribution is 1.86. The molecule has 0 aromatic heterocycles. The molecule has 2 nitrogen and oxygen atoms in total. The molecule has 0 atom stereocenters. The average molecular weight is 205 g/mol. The number of halogens is 2. The summed E-state index contributed by atoms with van der Waals surface area (Å²) in [5.41, 5.74) is 0. The van der Waals surface area contributed by atoms with Gasteiger partial charge in [0.25, 0.3) is 0 Å². The number of ether oxygens (including phenoxy) is 1. The van der Waals surface area contributed by atoms with E-state index in [1.165, 1.54) is 6.92 Å². The van der Waals surface area contributed by atoms with Gasteiger partial charge in [0.1, 0.15) is 0 Å². The molecule has 0 saturated heterocycles. The van der Waals surface area contributed by atoms with E-state index in [0.29, 0.717) is 6.61 Å². The van der Waals surface area contributed by atoms with Crippen LogP contribution in [0.15, 0.2) is 0 Å². The number of carbonyl (C=O) groups excluding carboxylic acids is 1. The van der Waals surface area contributed by atoms with Gasteiger partial charge in [-0.1, -0.05) is 20.8 Å². The van der Waals surface area contributed by atoms with Crippen LogP contribution in [-0.2, 0) is 9.53 Å². The fourth-order valence-corrected chi connectivity index (χ4v) is 0.360. The van der Waals surface area contributed by atoms with Crippen molar-refractivity contribution >= 4 is 30.8 Å². The molecule has 0 saturated carbocycles. The van der Waals surface area contributed by atoms with Gasteiger partial charge in [-0.05, 0) is 6.42 Å². The van der Waals surface area contributed by atoms with Crippen molar-refractivity contribution in [2.24, 2.45) is 0 Å². The van der Waals surface area contributed by atoms with Crippen molar-refractivity contribution in [2.45, 2.75) is 34.1 Å². The summed E-state index contributed by atoms with van der Waals surface area (Å²) in [5, 5.41) is 0. The van der Waals surface area contributed by atoms with Gasteiger partial charge in [-0.2, -0.15) is 0 Å². The van der Waals surface area contributed by atoms with Gasteiger partial charge in [-0.15, -0.1) is 24.8 Å². The first-order valence-corrected chi connectivity index (χ1v) is 2.90. The molecule has 72 valence electrons. The zero-order chi connectivity index (χ0) is 6.41. The summed E-state index contributed by atoms with van der Waals surface area (Å²) in [6.45, 7) is 4.06. The Kier molecular flexibility index (Phi) is 33.8. The van der Waals surface area contributed by atoms with Gasteiger partial charge < -0.3 is 4.74 Å². The zero-order valence-electron chi connectivity index (χ0n) is 6.25. The maximum absolute atomic E-state index is 10.1. The van der Waals surface area contributed by atoms with Crippen molar-refractivity contribution in [1.82, 2.24) is 0 Å². The second-order valence-electron chi connectivity index (χ2n) is 1.69. The molecule has 0 aromatic rings. The Morgan fingerprint density at radius 1 is 1.36 bits per heavy atom. The van der Waals surface area contributed by atoms with Crippen LogP contribution < -0.4 is 0 Å². The van der Waals surface area contributed by atoms with Gasteiger partial charge >= 0.3 is 5.97 Å². The van der Waals surface area contributed by atoms with Gasteiger partial charge in [0, 0.05) is 6.92 Å². The van der Waals surface area contributed by atoms with Crippen LogP contribution in [0.1, 0.15) is 34.1 Å². The van der Waals surface area contributed by atoms with Crippen molar-refractivity contribution in [3.8, 4) is 0 Å². The van der Waals surface area contributed by atoms with E-state index in [9.17, 15) is 4.79 Å². The standard InChI is InChI=1S/C6H12O2.CH4.2ClH/c1-3-4-5-8-6(2)7;;;/h3-5H2,1-2H3;1H4;2*1H. The van der Waals surface area contributed by atoms with Gasteiger partial charge in [0.2, 0.25) is 0 Å². The fourth-order valence-electron chi connectivity index (χ4n) is 0.360. The molecule has 0 spiro atoms. The molecule has 0 rings (SSSR count). The van der Waals surface area contributed by atoms with Crippen LogP contribution >= 0.6 is 24.8 Å². The predicted molar refractivity (Wildman–Crippen MR) is 52.8 cm³/mol. The lowest BCUT2D eigenvalue weighted by molar-refractivity contribution is -0.141. The maximum atomic E-state index is 10.1. The molecule has 0 N–H and O–H groups in total. The summed E-state index contributed by atoms with van der Waals surface area (Å²) >= 11 is 0. The Morgan fingerprint density at radius 3 is 2.09 bits per heavy atom. The molecule has 4 heteroatoms. The highest BCUT2D eigenvalue weighted by molar-refractivity contribution is 5.85. The number of unbranched alkanes of at least 4 members (excludes halogenated alkanes) is 1. The highest BCUT2D eigenvalue weighted by Gasteiger charge is 1.88. The highest BCUT2D eigenvalue weighted by atomic mass is 35.5. The summed E-state index contributed by atoms with van der Waals surface area (Å²) in [7, 11) is 0. The maximum Gasteiger partial charge on any atom is 0.302 e. The number of hydrogen-bond acceptors (Lipinski definition) is 2. The van der Waals surface area contributed by atoms with Gasteiger partial charge in [-0.3, -0.25) is 4.79 Å². The Balaban J connectivity index is -0.0000000817. The fraction of sp³-hybridized carbons (Fsp3) is 0.857. The minimum atomic E-state index is -0.182. The Labute approximate surface area is 81.5 Å². The van der Waals surface area contributed by atoms with Crippen molar-refractivity contribution in [3.05, 3.63) is 0 Å². The van der Waals surface area contributed by atoms with E-state index in [1.54, 1.807) is 0 Å². The molecule has 0 fully saturated rings. The molecule has 11 heavy (non-hydrogen) atoms. The number of carbonyl (C=O) groups is 1. The van der Waals surface area contributed by atoms with Crippen LogP contribution in [0.3, 0.4) is 0 Å². The van der Waals surface area contributed by atoms with E-state index in [2.05, 4.69) is 11.7 Å². The first kappa shape index (κ1) is 22.5. The van der Waals surface area contributed by atoms with E-state index >= 15 is 0 Å². The number of rotatable bonds is 3. The third kappa shape index (κ3) is 25.5. The summed E-state index contributed by atoms with van der Waals surface area (Å²) in [5.74, 6) is -0.182. The smallest absolute Gasteiger partial charge is 0.302 e. The Bertz CT molecular complexity index is 76.8. The molecular weight excluding hydrogens is 187 g/mol. The van der Waals surface area contributed by atoms with Crippen molar-refractivity contribution < 1.29 is 9.53 Å². The molecule has 0 amide bonds. The monoisotopic (exact) mass is 204 g/mol. The largest absolute Gasteiger partial charge is 0.466 e. The minimum Gasteiger partial charge on any atom is -0.466 e. The summed E-state index contributed by atoms with van der Waals surface area (Å²) < 4.78 is 4.64. The van der Waals surface area contributed by atoms with Crippen molar-refractivity contribution in [2.75, 3.05) is 6.61 Å². The second kappa shape index (κ2) is 16.6. The molecule has 0 aliphatic rings. The average Bonchev–Trinajstić information content (AvgIpc) is 1.66. The van der Waals surface area contributed by atoms with Crippen LogP contribution in [0, 0.1) is 0 Å². The normalized spacial score (nSPS) is 6.36. The summed E-state index contributed by atoms with van der Waals surface area (Å²) in [6, 6.07) is 0. The third-order valence-electron chi connectivity index (χ3n) is 0.803. The lowest BCUT2D eigenvalue weighted by Crippen LogP contribution is -1.99. The Hall–Kier alpha value is 0.0500. The topological polar surface area (TPSA) is 26.3 Å². The lowest BCUT2D eigenvalue weighted by atomic mass is 10.4. The zero-order valence-corrected chi connectivity index (χ0v) is 7.89. The van der Waals surface area contributed by atoms with Gasteiger partial charge in [-0.25, -0.2) is 0 Å². The van der Waals surface area contributed by atoms with Crippen molar-refractivity contribution in [1.29, 1.82) is 0 Å². The molecule has 0 aliphatic heterocycles. The van der Waals surface area contributed by atoms with Gasteiger partial charge in [0.15, 0.2) is 0 Å². The van der Waals surface area contributed by atoms with Crippen LogP contribution in [0.25, 0.3) is 0 Å². The van der Waals surface area contributed by atoms with E-state index in [4.69, 9.17) is 0 Å². The molecule has 0 aromatic carbocycles. The molecule has 0 unspecified atom stereocenters. The molecule has 0 radical (unpaired) electrons. The molecule has 0 aliphatic carbocycles. The van der Waals surface area contributed by atoms with Crippen LogP contribution in [-0.4, -0.2) is 12.6 Å². The van der Waals surface area contributed by atoms with E-state index in [0.717, 1.165) is 12.8 Å². The van der Waals surface area contributed by atoms with Crippen molar-refractivity contribution in [3.63, 3.8) is 0 Å². The van der Waals surface area contributed by atoms with Crippen LogP contribution in [0.2, 0.25) is 0 Å². The first-order chi connectivity index (χ1) is 3.77. The van der Waals surface area contributed by atoms with E-state index in [-0.39, 0.29) is 38.2 Å². The second-order valence-corrected chi connectivity index (χ2v) is 1.69. The third-order valence-corrected chi connectivity index (χ3v) is 0.803. The molecule has 0 heterocycles. The molecule has 0 bridgehead atoms.